The molecular weight excluding hydrogens is 295 g/mol. The summed E-state index contributed by atoms with van der Waals surface area (Å²) < 4.78 is 39.7. The number of anilines is 3. The van der Waals surface area contributed by atoms with Gasteiger partial charge in [-0.25, -0.2) is 13.2 Å². The SMILES string of the molecule is CN(C)c1nc(Cl)nc(Nc2cc(F)cc(F)c2F)n1. The number of hydrogen-bond donors (Lipinski definition) is 1. The molecule has 1 heterocycles. The summed E-state index contributed by atoms with van der Waals surface area (Å²) in [7, 11) is 3.33. The Morgan fingerprint density at radius 3 is 2.45 bits per heavy atom. The number of hydrogen-bond acceptors (Lipinski definition) is 5. The van der Waals surface area contributed by atoms with E-state index in [9.17, 15) is 13.2 Å². The van der Waals surface area contributed by atoms with Gasteiger partial charge in [-0.2, -0.15) is 15.0 Å². The van der Waals surface area contributed by atoms with Crippen LogP contribution in [0.1, 0.15) is 0 Å². The van der Waals surface area contributed by atoms with Gasteiger partial charge in [0.15, 0.2) is 11.6 Å². The summed E-state index contributed by atoms with van der Waals surface area (Å²) in [6, 6.07) is 1.22. The summed E-state index contributed by atoms with van der Waals surface area (Å²) in [5, 5.41) is 2.23. The van der Waals surface area contributed by atoms with Gasteiger partial charge >= 0.3 is 0 Å². The van der Waals surface area contributed by atoms with Crippen LogP contribution >= 0.6 is 11.6 Å². The number of nitrogens with one attached hydrogen (secondary N) is 1. The topological polar surface area (TPSA) is 53.9 Å². The van der Waals surface area contributed by atoms with Crippen LogP contribution in [0.25, 0.3) is 0 Å². The molecule has 0 radical (unpaired) electrons. The summed E-state index contributed by atoms with van der Waals surface area (Å²) in [6.45, 7) is 0. The summed E-state index contributed by atoms with van der Waals surface area (Å²) in [5.74, 6) is -3.41. The Kier molecular flexibility index (Phi) is 3.93. The maximum atomic E-state index is 13.5. The van der Waals surface area contributed by atoms with E-state index >= 15 is 0 Å². The van der Waals surface area contributed by atoms with Crippen LogP contribution in [0.15, 0.2) is 12.1 Å². The molecule has 0 aliphatic carbocycles. The van der Waals surface area contributed by atoms with Crippen LogP contribution in [0.2, 0.25) is 5.28 Å². The standard InChI is InChI=1S/C11H9ClF3N5/c1-20(2)11-18-9(12)17-10(19-11)16-7-4-5(13)3-6(14)8(7)15/h3-4H,1-2H3,(H,16,17,18,19). The minimum Gasteiger partial charge on any atom is -0.347 e. The molecule has 1 aromatic carbocycles. The second-order valence-corrected chi connectivity index (χ2v) is 4.33. The van der Waals surface area contributed by atoms with E-state index in [2.05, 4.69) is 20.3 Å². The molecular formula is C11H9ClF3N5. The quantitative estimate of drug-likeness (QED) is 0.884. The van der Waals surface area contributed by atoms with E-state index in [0.29, 0.717) is 6.07 Å². The molecule has 0 bridgehead atoms. The molecule has 0 aliphatic rings. The molecule has 0 spiro atoms. The number of halogens is 4. The Labute approximate surface area is 117 Å². The van der Waals surface area contributed by atoms with Gasteiger partial charge in [0.05, 0.1) is 5.69 Å². The van der Waals surface area contributed by atoms with E-state index in [-0.39, 0.29) is 17.2 Å². The van der Waals surface area contributed by atoms with Gasteiger partial charge in [-0.05, 0) is 11.6 Å². The van der Waals surface area contributed by atoms with Crippen LogP contribution in [0.3, 0.4) is 0 Å². The molecule has 9 heteroatoms. The highest BCUT2D eigenvalue weighted by Crippen LogP contribution is 2.22. The Hall–Kier alpha value is -2.09. The zero-order valence-corrected chi connectivity index (χ0v) is 11.2. The van der Waals surface area contributed by atoms with Gasteiger partial charge in [-0.15, -0.1) is 0 Å². The van der Waals surface area contributed by atoms with Crippen molar-refractivity contribution in [2.75, 3.05) is 24.3 Å². The third-order valence-corrected chi connectivity index (χ3v) is 2.40. The molecule has 0 fully saturated rings. The monoisotopic (exact) mass is 303 g/mol. The van der Waals surface area contributed by atoms with Crippen molar-refractivity contribution in [3.63, 3.8) is 0 Å². The molecule has 2 aromatic rings. The van der Waals surface area contributed by atoms with Crippen LogP contribution in [0, 0.1) is 17.5 Å². The van der Waals surface area contributed by atoms with Gasteiger partial charge in [-0.3, -0.25) is 0 Å². The minimum absolute atomic E-state index is 0.127. The lowest BCUT2D eigenvalue weighted by Gasteiger charge is -2.12. The van der Waals surface area contributed by atoms with Crippen molar-refractivity contribution in [3.8, 4) is 0 Å². The number of nitrogens with zero attached hydrogens (tertiary/aromatic N) is 4. The van der Waals surface area contributed by atoms with Crippen LogP contribution < -0.4 is 10.2 Å². The summed E-state index contributed by atoms with van der Waals surface area (Å²) in [6.07, 6.45) is 0. The second kappa shape index (κ2) is 5.49. The highest BCUT2D eigenvalue weighted by molar-refractivity contribution is 6.28. The molecule has 1 N–H and O–H groups in total. The van der Waals surface area contributed by atoms with E-state index in [0.717, 1.165) is 6.07 Å². The smallest absolute Gasteiger partial charge is 0.233 e. The normalized spacial score (nSPS) is 10.5. The van der Waals surface area contributed by atoms with Gasteiger partial charge in [-0.1, -0.05) is 0 Å². The van der Waals surface area contributed by atoms with Gasteiger partial charge in [0, 0.05) is 26.2 Å². The molecule has 106 valence electrons. The Morgan fingerprint density at radius 2 is 1.80 bits per heavy atom. The zero-order valence-electron chi connectivity index (χ0n) is 10.5. The van der Waals surface area contributed by atoms with E-state index in [1.165, 1.54) is 0 Å². The molecule has 0 atom stereocenters. The first-order chi connectivity index (χ1) is 9.36. The first-order valence-corrected chi connectivity index (χ1v) is 5.75. The predicted molar refractivity (Wildman–Crippen MR) is 68.8 cm³/mol. The predicted octanol–water partition coefficient (Wildman–Crippen LogP) is 2.75. The van der Waals surface area contributed by atoms with Crippen molar-refractivity contribution in [1.82, 2.24) is 15.0 Å². The maximum Gasteiger partial charge on any atom is 0.233 e. The number of rotatable bonds is 3. The molecule has 0 amide bonds. The molecule has 1 aromatic heterocycles. The molecule has 20 heavy (non-hydrogen) atoms. The fraction of sp³-hybridized carbons (Fsp3) is 0.182. The van der Waals surface area contributed by atoms with Gasteiger partial charge < -0.3 is 10.2 Å². The minimum atomic E-state index is -1.32. The van der Waals surface area contributed by atoms with Gasteiger partial charge in [0.1, 0.15) is 5.82 Å². The summed E-state index contributed by atoms with van der Waals surface area (Å²) in [5.41, 5.74) is -0.436. The maximum absolute atomic E-state index is 13.5. The third kappa shape index (κ3) is 3.08. The third-order valence-electron chi connectivity index (χ3n) is 2.24. The van der Waals surface area contributed by atoms with E-state index in [4.69, 9.17) is 11.6 Å². The van der Waals surface area contributed by atoms with E-state index < -0.39 is 23.1 Å². The highest BCUT2D eigenvalue weighted by atomic mass is 35.5. The summed E-state index contributed by atoms with van der Waals surface area (Å²) in [4.78, 5) is 13.0. The van der Waals surface area contributed by atoms with Crippen LogP contribution in [0.4, 0.5) is 30.8 Å². The highest BCUT2D eigenvalue weighted by Gasteiger charge is 2.14. The van der Waals surface area contributed by atoms with Crippen LogP contribution in [-0.4, -0.2) is 29.0 Å². The molecule has 2 rings (SSSR count). The average molecular weight is 304 g/mol. The lowest BCUT2D eigenvalue weighted by atomic mass is 10.3. The van der Waals surface area contributed by atoms with Crippen molar-refractivity contribution in [2.45, 2.75) is 0 Å². The zero-order chi connectivity index (χ0) is 14.9. The Morgan fingerprint density at radius 1 is 1.10 bits per heavy atom. The lowest BCUT2D eigenvalue weighted by molar-refractivity contribution is 0.498. The lowest BCUT2D eigenvalue weighted by Crippen LogP contribution is -2.14. The van der Waals surface area contributed by atoms with Crippen LogP contribution in [0.5, 0.6) is 0 Å². The number of aromatic nitrogens is 3. The number of benzene rings is 1. The average Bonchev–Trinajstić information content (AvgIpc) is 2.34. The van der Waals surface area contributed by atoms with Crippen molar-refractivity contribution in [2.24, 2.45) is 0 Å². The summed E-state index contributed by atoms with van der Waals surface area (Å²) >= 11 is 5.69. The van der Waals surface area contributed by atoms with Crippen molar-refractivity contribution in [1.29, 1.82) is 0 Å². The Bertz CT molecular complexity index is 650. The molecule has 0 unspecified atom stereocenters. The molecule has 0 saturated carbocycles. The van der Waals surface area contributed by atoms with Gasteiger partial charge in [0.25, 0.3) is 0 Å². The second-order valence-electron chi connectivity index (χ2n) is 4.00. The largest absolute Gasteiger partial charge is 0.347 e. The first kappa shape index (κ1) is 14.3. The van der Waals surface area contributed by atoms with Crippen LogP contribution in [-0.2, 0) is 0 Å². The first-order valence-electron chi connectivity index (χ1n) is 5.37. The van der Waals surface area contributed by atoms with E-state index in [1.807, 2.05) is 0 Å². The van der Waals surface area contributed by atoms with Crippen molar-refractivity contribution < 1.29 is 13.2 Å². The van der Waals surface area contributed by atoms with Gasteiger partial charge in [0.2, 0.25) is 17.2 Å². The fourth-order valence-electron chi connectivity index (χ4n) is 1.36. The molecule has 0 aliphatic heterocycles. The molecule has 0 saturated heterocycles. The van der Waals surface area contributed by atoms with E-state index in [1.54, 1.807) is 19.0 Å². The van der Waals surface area contributed by atoms with Crippen molar-refractivity contribution in [3.05, 3.63) is 34.9 Å². The molecule has 5 nitrogen and oxygen atoms in total. The Balaban J connectivity index is 2.40. The fourth-order valence-corrected chi connectivity index (χ4v) is 1.52. The van der Waals surface area contributed by atoms with Crippen molar-refractivity contribution >= 4 is 29.2 Å².